The van der Waals surface area contributed by atoms with Gasteiger partial charge >= 0.3 is 0 Å². The molecule has 0 aliphatic carbocycles. The number of aryl methyl sites for hydroxylation is 1. The molecule has 0 N–H and O–H groups in total. The molecule has 0 aliphatic heterocycles. The number of fused-ring (bicyclic) bond motifs is 1. The smallest absolute Gasteiger partial charge is 0.181 e. The number of aromatic nitrogens is 2. The molecule has 1 aromatic carbocycles. The molecule has 0 amide bonds. The van der Waals surface area contributed by atoms with E-state index >= 15 is 0 Å². The number of Topliss-reactive ketones (excluding diaryl/α,β-unsaturated/α-hetero) is 1. The van der Waals surface area contributed by atoms with Crippen molar-refractivity contribution in [2.75, 3.05) is 0 Å². The fraction of sp³-hybridized carbons (Fsp3) is 0.154. The molecule has 0 unspecified atom stereocenters. The summed E-state index contributed by atoms with van der Waals surface area (Å²) in [7, 11) is 0. The Kier molecular flexibility index (Phi) is 2.48. The zero-order chi connectivity index (χ0) is 12.7. The number of benzene rings is 1. The highest BCUT2D eigenvalue weighted by Gasteiger charge is 2.13. The highest BCUT2D eigenvalue weighted by atomic mass is 32.1. The summed E-state index contributed by atoms with van der Waals surface area (Å²) in [6.07, 6.45) is 1.42. The van der Waals surface area contributed by atoms with Gasteiger partial charge in [0, 0.05) is 12.5 Å². The SMILES string of the molecule is CC(=O)c1sc(-c2ccc3ncoc3c2)nc1C. The van der Waals surface area contributed by atoms with E-state index in [2.05, 4.69) is 9.97 Å². The second kappa shape index (κ2) is 4.03. The molecule has 18 heavy (non-hydrogen) atoms. The summed E-state index contributed by atoms with van der Waals surface area (Å²) in [6, 6.07) is 5.72. The molecular formula is C13H10N2O2S. The summed E-state index contributed by atoms with van der Waals surface area (Å²) in [5.74, 6) is 0.0528. The molecule has 0 aliphatic rings. The molecule has 2 aromatic heterocycles. The topological polar surface area (TPSA) is 56.0 Å². The molecule has 3 rings (SSSR count). The van der Waals surface area contributed by atoms with Crippen LogP contribution in [0.25, 0.3) is 21.7 Å². The maximum atomic E-state index is 11.4. The normalized spacial score (nSPS) is 11.0. The number of hydrogen-bond acceptors (Lipinski definition) is 5. The van der Waals surface area contributed by atoms with Gasteiger partial charge in [-0.2, -0.15) is 0 Å². The lowest BCUT2D eigenvalue weighted by Gasteiger charge is -1.94. The van der Waals surface area contributed by atoms with Crippen molar-refractivity contribution in [1.29, 1.82) is 0 Å². The number of thiazole rings is 1. The van der Waals surface area contributed by atoms with Gasteiger partial charge in [-0.25, -0.2) is 9.97 Å². The third-order valence-corrected chi connectivity index (χ3v) is 4.00. The van der Waals surface area contributed by atoms with Crippen molar-refractivity contribution in [2.45, 2.75) is 13.8 Å². The first-order valence-electron chi connectivity index (χ1n) is 5.47. The van der Waals surface area contributed by atoms with Crippen molar-refractivity contribution >= 4 is 28.2 Å². The van der Waals surface area contributed by atoms with Crippen molar-refractivity contribution in [3.8, 4) is 10.6 Å². The lowest BCUT2D eigenvalue weighted by molar-refractivity contribution is 0.102. The van der Waals surface area contributed by atoms with Gasteiger partial charge in [-0.05, 0) is 25.1 Å². The summed E-state index contributed by atoms with van der Waals surface area (Å²) < 4.78 is 5.26. The molecule has 0 fully saturated rings. The molecule has 0 radical (unpaired) electrons. The fourth-order valence-corrected chi connectivity index (χ4v) is 2.79. The van der Waals surface area contributed by atoms with E-state index in [4.69, 9.17) is 4.42 Å². The monoisotopic (exact) mass is 258 g/mol. The van der Waals surface area contributed by atoms with Crippen molar-refractivity contribution in [3.63, 3.8) is 0 Å². The average Bonchev–Trinajstić information content (AvgIpc) is 2.93. The van der Waals surface area contributed by atoms with Crippen LogP contribution in [0, 0.1) is 6.92 Å². The van der Waals surface area contributed by atoms with Crippen molar-refractivity contribution in [2.24, 2.45) is 0 Å². The van der Waals surface area contributed by atoms with Gasteiger partial charge in [0.2, 0.25) is 0 Å². The first-order chi connectivity index (χ1) is 8.65. The Labute approximate surface area is 107 Å². The minimum Gasteiger partial charge on any atom is -0.443 e. The lowest BCUT2D eigenvalue weighted by atomic mass is 10.2. The Hall–Kier alpha value is -2.01. The molecule has 5 heteroatoms. The Morgan fingerprint density at radius 3 is 2.94 bits per heavy atom. The van der Waals surface area contributed by atoms with Gasteiger partial charge < -0.3 is 4.42 Å². The number of oxazole rings is 1. The molecule has 0 saturated carbocycles. The summed E-state index contributed by atoms with van der Waals surface area (Å²) in [5.41, 5.74) is 3.27. The van der Waals surface area contributed by atoms with Crippen molar-refractivity contribution in [1.82, 2.24) is 9.97 Å². The van der Waals surface area contributed by atoms with E-state index in [0.29, 0.717) is 4.88 Å². The van der Waals surface area contributed by atoms with Crippen molar-refractivity contribution < 1.29 is 9.21 Å². The van der Waals surface area contributed by atoms with Crippen LogP contribution in [0.2, 0.25) is 0 Å². The maximum Gasteiger partial charge on any atom is 0.181 e. The molecule has 0 atom stereocenters. The van der Waals surface area contributed by atoms with E-state index in [1.807, 2.05) is 25.1 Å². The van der Waals surface area contributed by atoms with Crippen LogP contribution >= 0.6 is 11.3 Å². The first-order valence-corrected chi connectivity index (χ1v) is 6.29. The number of nitrogens with zero attached hydrogens (tertiary/aromatic N) is 2. The fourth-order valence-electron chi connectivity index (χ4n) is 1.83. The summed E-state index contributed by atoms with van der Waals surface area (Å²) in [4.78, 5) is 20.6. The third kappa shape index (κ3) is 1.73. The number of rotatable bonds is 2. The molecule has 90 valence electrons. The minimum atomic E-state index is 0.0528. The quantitative estimate of drug-likeness (QED) is 0.660. The number of ketones is 1. The van der Waals surface area contributed by atoms with E-state index in [1.54, 1.807) is 6.92 Å². The third-order valence-electron chi connectivity index (χ3n) is 2.69. The Morgan fingerprint density at radius 1 is 1.39 bits per heavy atom. The second-order valence-corrected chi connectivity index (χ2v) is 5.02. The van der Waals surface area contributed by atoms with Crippen molar-refractivity contribution in [3.05, 3.63) is 35.2 Å². The van der Waals surface area contributed by atoms with Gasteiger partial charge in [-0.3, -0.25) is 4.79 Å². The van der Waals surface area contributed by atoms with E-state index in [-0.39, 0.29) is 5.78 Å². The minimum absolute atomic E-state index is 0.0528. The van der Waals surface area contributed by atoms with Gasteiger partial charge in [-0.15, -0.1) is 11.3 Å². The Bertz CT molecular complexity index is 742. The molecule has 0 saturated heterocycles. The van der Waals surface area contributed by atoms with E-state index in [1.165, 1.54) is 17.7 Å². The highest BCUT2D eigenvalue weighted by molar-refractivity contribution is 7.17. The van der Waals surface area contributed by atoms with Crippen LogP contribution in [0.15, 0.2) is 29.0 Å². The number of hydrogen-bond donors (Lipinski definition) is 0. The van der Waals surface area contributed by atoms with Crippen LogP contribution in [0.4, 0.5) is 0 Å². The van der Waals surface area contributed by atoms with Gasteiger partial charge in [0.15, 0.2) is 17.8 Å². The zero-order valence-electron chi connectivity index (χ0n) is 9.93. The molecule has 2 heterocycles. The summed E-state index contributed by atoms with van der Waals surface area (Å²) >= 11 is 1.41. The molecule has 4 nitrogen and oxygen atoms in total. The van der Waals surface area contributed by atoms with Gasteiger partial charge in [0.1, 0.15) is 10.5 Å². The first kappa shape index (κ1) is 11.1. The molecule has 0 spiro atoms. The zero-order valence-corrected chi connectivity index (χ0v) is 10.7. The van der Waals surface area contributed by atoms with Gasteiger partial charge in [-0.1, -0.05) is 0 Å². The maximum absolute atomic E-state index is 11.4. The predicted octanol–water partition coefficient (Wildman–Crippen LogP) is 3.46. The number of carbonyl (C=O) groups excluding carboxylic acids is 1. The molecule has 3 aromatic rings. The van der Waals surface area contributed by atoms with E-state index in [0.717, 1.165) is 27.4 Å². The van der Waals surface area contributed by atoms with Crippen LogP contribution in [0.5, 0.6) is 0 Å². The molecular weight excluding hydrogens is 248 g/mol. The van der Waals surface area contributed by atoms with Crippen LogP contribution in [0.3, 0.4) is 0 Å². The van der Waals surface area contributed by atoms with Gasteiger partial charge in [0.05, 0.1) is 10.6 Å². The van der Waals surface area contributed by atoms with Crippen LogP contribution in [0.1, 0.15) is 22.3 Å². The Balaban J connectivity index is 2.13. The number of carbonyl (C=O) groups is 1. The summed E-state index contributed by atoms with van der Waals surface area (Å²) in [5, 5.41) is 0.830. The summed E-state index contributed by atoms with van der Waals surface area (Å²) in [6.45, 7) is 3.41. The second-order valence-electron chi connectivity index (χ2n) is 4.02. The standard InChI is InChI=1S/C13H10N2O2S/c1-7-12(8(2)16)18-13(15-7)9-3-4-10-11(5-9)17-6-14-10/h3-6H,1-2H3. The molecule has 0 bridgehead atoms. The lowest BCUT2D eigenvalue weighted by Crippen LogP contribution is -1.89. The Morgan fingerprint density at radius 2 is 2.22 bits per heavy atom. The van der Waals surface area contributed by atoms with E-state index in [9.17, 15) is 4.79 Å². The van der Waals surface area contributed by atoms with Crippen LogP contribution in [-0.2, 0) is 0 Å². The van der Waals surface area contributed by atoms with E-state index < -0.39 is 0 Å². The highest BCUT2D eigenvalue weighted by Crippen LogP contribution is 2.30. The largest absolute Gasteiger partial charge is 0.443 e. The van der Waals surface area contributed by atoms with Crippen LogP contribution < -0.4 is 0 Å². The predicted molar refractivity (Wildman–Crippen MR) is 69.9 cm³/mol. The van der Waals surface area contributed by atoms with Crippen LogP contribution in [-0.4, -0.2) is 15.8 Å². The van der Waals surface area contributed by atoms with Gasteiger partial charge in [0.25, 0.3) is 0 Å². The average molecular weight is 258 g/mol.